The number of hydrogen-bond acceptors (Lipinski definition) is 4. The van der Waals surface area contributed by atoms with Gasteiger partial charge in [-0.15, -0.1) is 5.10 Å². The van der Waals surface area contributed by atoms with Crippen LogP contribution in [0, 0.1) is 0 Å². The predicted octanol–water partition coefficient (Wildman–Crippen LogP) is 1.21. The molecule has 6 heteroatoms. The molecular formula is C12H22N4O2. The molecule has 0 unspecified atom stereocenters. The van der Waals surface area contributed by atoms with Gasteiger partial charge in [-0.25, -0.2) is 4.98 Å². The van der Waals surface area contributed by atoms with Crippen molar-refractivity contribution in [2.75, 3.05) is 13.2 Å². The Balaban J connectivity index is 2.23. The second-order valence-corrected chi connectivity index (χ2v) is 4.59. The van der Waals surface area contributed by atoms with Crippen molar-refractivity contribution in [3.05, 3.63) is 11.6 Å². The van der Waals surface area contributed by atoms with Crippen LogP contribution in [0.2, 0.25) is 0 Å². The minimum atomic E-state index is -0.236. The number of nitrogens with zero attached hydrogens (tertiary/aromatic N) is 2. The number of amides is 1. The summed E-state index contributed by atoms with van der Waals surface area (Å²) in [4.78, 5) is 15.8. The first-order valence-corrected chi connectivity index (χ1v) is 6.46. The number of carbonyl (C=O) groups is 1. The Hall–Kier alpha value is -1.43. The van der Waals surface area contributed by atoms with Crippen LogP contribution in [0.4, 0.5) is 0 Å². The normalized spacial score (nSPS) is 10.9. The number of aliphatic hydroxyl groups is 1. The summed E-state index contributed by atoms with van der Waals surface area (Å²) >= 11 is 0. The van der Waals surface area contributed by atoms with Gasteiger partial charge in [-0.3, -0.25) is 9.89 Å². The third-order valence-electron chi connectivity index (χ3n) is 2.62. The Morgan fingerprint density at radius 2 is 2.06 bits per heavy atom. The molecule has 0 atom stereocenters. The van der Waals surface area contributed by atoms with E-state index in [0.29, 0.717) is 6.54 Å². The molecule has 1 rings (SSSR count). The topological polar surface area (TPSA) is 90.9 Å². The predicted molar refractivity (Wildman–Crippen MR) is 68.4 cm³/mol. The number of carbonyl (C=O) groups excluding carboxylic acids is 1. The van der Waals surface area contributed by atoms with Crippen LogP contribution in [0.5, 0.6) is 0 Å². The number of aromatic amines is 1. The molecule has 1 heterocycles. The fourth-order valence-corrected chi connectivity index (χ4v) is 1.51. The summed E-state index contributed by atoms with van der Waals surface area (Å²) < 4.78 is 0. The van der Waals surface area contributed by atoms with E-state index in [9.17, 15) is 4.79 Å². The number of unbranched alkanes of at least 4 members (excludes halogenated alkanes) is 3. The number of hydrogen-bond donors (Lipinski definition) is 3. The van der Waals surface area contributed by atoms with Crippen molar-refractivity contribution in [2.45, 2.75) is 45.4 Å². The van der Waals surface area contributed by atoms with Crippen LogP contribution in [-0.4, -0.2) is 39.3 Å². The Bertz CT molecular complexity index is 363. The van der Waals surface area contributed by atoms with Crippen LogP contribution >= 0.6 is 0 Å². The lowest BCUT2D eigenvalue weighted by atomic mass is 10.2. The highest BCUT2D eigenvalue weighted by Crippen LogP contribution is 2.07. The number of nitrogens with one attached hydrogen (secondary N) is 2. The summed E-state index contributed by atoms with van der Waals surface area (Å²) in [5.41, 5.74) is 0. The van der Waals surface area contributed by atoms with Crippen molar-refractivity contribution in [1.82, 2.24) is 20.5 Å². The quantitative estimate of drug-likeness (QED) is 0.608. The Kier molecular flexibility index (Phi) is 6.35. The molecule has 3 N–H and O–H groups in total. The molecule has 0 aliphatic carbocycles. The average molecular weight is 254 g/mol. The third-order valence-corrected chi connectivity index (χ3v) is 2.62. The minimum Gasteiger partial charge on any atom is -0.396 e. The maximum atomic E-state index is 11.7. The van der Waals surface area contributed by atoms with Gasteiger partial charge in [0.05, 0.1) is 0 Å². The molecule has 1 aromatic heterocycles. The second-order valence-electron chi connectivity index (χ2n) is 4.59. The molecule has 102 valence electrons. The van der Waals surface area contributed by atoms with Gasteiger partial charge in [0.25, 0.3) is 5.91 Å². The van der Waals surface area contributed by atoms with E-state index >= 15 is 0 Å². The largest absolute Gasteiger partial charge is 0.396 e. The van der Waals surface area contributed by atoms with E-state index < -0.39 is 0 Å². The third kappa shape index (κ3) is 4.83. The van der Waals surface area contributed by atoms with Gasteiger partial charge >= 0.3 is 0 Å². The molecule has 6 nitrogen and oxygen atoms in total. The van der Waals surface area contributed by atoms with E-state index in [0.717, 1.165) is 31.5 Å². The number of aliphatic hydroxyl groups excluding tert-OH is 1. The molecule has 0 bridgehead atoms. The van der Waals surface area contributed by atoms with Gasteiger partial charge < -0.3 is 10.4 Å². The highest BCUT2D eigenvalue weighted by molar-refractivity contribution is 5.90. The van der Waals surface area contributed by atoms with E-state index in [1.165, 1.54) is 0 Å². The zero-order valence-corrected chi connectivity index (χ0v) is 11.1. The molecule has 0 aromatic carbocycles. The van der Waals surface area contributed by atoms with Gasteiger partial charge in [0, 0.05) is 19.1 Å². The molecule has 0 saturated carbocycles. The fraction of sp³-hybridized carbons (Fsp3) is 0.750. The lowest BCUT2D eigenvalue weighted by Crippen LogP contribution is -2.25. The molecule has 0 fully saturated rings. The maximum absolute atomic E-state index is 11.7. The van der Waals surface area contributed by atoms with Crippen molar-refractivity contribution in [1.29, 1.82) is 0 Å². The van der Waals surface area contributed by atoms with E-state index in [-0.39, 0.29) is 24.3 Å². The SMILES string of the molecule is CC(C)c1nc(C(=O)NCCCCCCO)n[nH]1. The number of rotatable bonds is 8. The van der Waals surface area contributed by atoms with Crippen LogP contribution < -0.4 is 5.32 Å². The van der Waals surface area contributed by atoms with Gasteiger partial charge in [-0.1, -0.05) is 26.7 Å². The molecule has 1 amide bonds. The van der Waals surface area contributed by atoms with Crippen molar-refractivity contribution in [3.63, 3.8) is 0 Å². The molecule has 0 aliphatic heterocycles. The lowest BCUT2D eigenvalue weighted by molar-refractivity contribution is 0.0942. The Morgan fingerprint density at radius 3 is 2.67 bits per heavy atom. The van der Waals surface area contributed by atoms with E-state index in [1.807, 2.05) is 13.8 Å². The Labute approximate surface area is 107 Å². The molecule has 0 aliphatic rings. The molecule has 0 saturated heterocycles. The van der Waals surface area contributed by atoms with Crippen molar-refractivity contribution >= 4 is 5.91 Å². The van der Waals surface area contributed by atoms with E-state index in [2.05, 4.69) is 20.5 Å². The molecule has 18 heavy (non-hydrogen) atoms. The Morgan fingerprint density at radius 1 is 1.33 bits per heavy atom. The van der Waals surface area contributed by atoms with E-state index in [1.54, 1.807) is 0 Å². The molecule has 0 radical (unpaired) electrons. The summed E-state index contributed by atoms with van der Waals surface area (Å²) in [5.74, 6) is 0.926. The summed E-state index contributed by atoms with van der Waals surface area (Å²) in [5, 5.41) is 18.0. The molecule has 1 aromatic rings. The molecular weight excluding hydrogens is 232 g/mol. The van der Waals surface area contributed by atoms with Gasteiger partial charge in [-0.2, -0.15) is 0 Å². The lowest BCUT2D eigenvalue weighted by Gasteiger charge is -2.02. The fourth-order valence-electron chi connectivity index (χ4n) is 1.51. The highest BCUT2D eigenvalue weighted by atomic mass is 16.2. The average Bonchev–Trinajstić information content (AvgIpc) is 2.83. The van der Waals surface area contributed by atoms with Crippen molar-refractivity contribution in [2.24, 2.45) is 0 Å². The first-order chi connectivity index (χ1) is 8.65. The maximum Gasteiger partial charge on any atom is 0.290 e. The summed E-state index contributed by atoms with van der Waals surface area (Å²) in [6, 6.07) is 0. The van der Waals surface area contributed by atoms with Crippen LogP contribution in [0.1, 0.15) is 61.9 Å². The first-order valence-electron chi connectivity index (χ1n) is 6.46. The summed E-state index contributed by atoms with van der Waals surface area (Å²) in [6.07, 6.45) is 3.73. The van der Waals surface area contributed by atoms with Gasteiger partial charge in [-0.05, 0) is 12.8 Å². The first kappa shape index (κ1) is 14.6. The summed E-state index contributed by atoms with van der Waals surface area (Å²) in [6.45, 7) is 4.84. The van der Waals surface area contributed by atoms with Crippen LogP contribution in [-0.2, 0) is 0 Å². The van der Waals surface area contributed by atoms with Crippen LogP contribution in [0.3, 0.4) is 0 Å². The summed E-state index contributed by atoms with van der Waals surface area (Å²) in [7, 11) is 0. The van der Waals surface area contributed by atoms with Gasteiger partial charge in [0.1, 0.15) is 5.82 Å². The monoisotopic (exact) mass is 254 g/mol. The van der Waals surface area contributed by atoms with E-state index in [4.69, 9.17) is 5.11 Å². The smallest absolute Gasteiger partial charge is 0.290 e. The zero-order chi connectivity index (χ0) is 13.4. The second kappa shape index (κ2) is 7.81. The standard InChI is InChI=1S/C12H22N4O2/c1-9(2)10-14-11(16-15-10)12(18)13-7-5-3-4-6-8-17/h9,17H,3-8H2,1-2H3,(H,13,18)(H,14,15,16). The van der Waals surface area contributed by atoms with Gasteiger partial charge in [0.15, 0.2) is 0 Å². The van der Waals surface area contributed by atoms with Crippen LogP contribution in [0.15, 0.2) is 0 Å². The zero-order valence-electron chi connectivity index (χ0n) is 11.1. The van der Waals surface area contributed by atoms with Gasteiger partial charge in [0.2, 0.25) is 5.82 Å². The number of H-pyrrole nitrogens is 1. The molecule has 0 spiro atoms. The van der Waals surface area contributed by atoms with Crippen molar-refractivity contribution < 1.29 is 9.90 Å². The minimum absolute atomic E-state index is 0.203. The highest BCUT2D eigenvalue weighted by Gasteiger charge is 2.13. The van der Waals surface area contributed by atoms with Crippen molar-refractivity contribution in [3.8, 4) is 0 Å². The number of aromatic nitrogens is 3. The van der Waals surface area contributed by atoms with Crippen LogP contribution in [0.25, 0.3) is 0 Å².